The van der Waals surface area contributed by atoms with E-state index >= 15 is 0 Å². The van der Waals surface area contributed by atoms with Gasteiger partial charge in [-0.05, 0) is 26.7 Å². The minimum Gasteiger partial charge on any atom is -0.483 e. The van der Waals surface area contributed by atoms with Gasteiger partial charge in [-0.2, -0.15) is 5.10 Å². The summed E-state index contributed by atoms with van der Waals surface area (Å²) in [7, 11) is 1.93. The zero-order valence-electron chi connectivity index (χ0n) is 12.1. The molecule has 5 nitrogen and oxygen atoms in total. The Bertz CT molecular complexity index is 600. The molecule has 2 aromatic rings. The van der Waals surface area contributed by atoms with E-state index < -0.39 is 0 Å². The molecule has 0 atom stereocenters. The van der Waals surface area contributed by atoms with Crippen molar-refractivity contribution in [1.29, 1.82) is 0 Å². The minimum absolute atomic E-state index is 0.507. The maximum Gasteiger partial charge on any atom is 0.163 e. The van der Waals surface area contributed by atoms with E-state index in [-0.39, 0.29) is 0 Å². The van der Waals surface area contributed by atoms with Crippen LogP contribution in [0.15, 0.2) is 5.38 Å². The van der Waals surface area contributed by atoms with E-state index in [4.69, 9.17) is 4.74 Å². The van der Waals surface area contributed by atoms with Crippen LogP contribution in [0.2, 0.25) is 0 Å². The number of hydrogen-bond donors (Lipinski definition) is 1. The van der Waals surface area contributed by atoms with Gasteiger partial charge in [-0.25, -0.2) is 4.98 Å². The first kappa shape index (κ1) is 13.6. The summed E-state index contributed by atoms with van der Waals surface area (Å²) in [6, 6.07) is 0.722. The molecule has 1 fully saturated rings. The Morgan fingerprint density at radius 2 is 2.25 bits per heavy atom. The summed E-state index contributed by atoms with van der Waals surface area (Å²) in [6.45, 7) is 5.36. The molecule has 0 aromatic carbocycles. The number of aryl methyl sites for hydroxylation is 2. The van der Waals surface area contributed by atoms with Crippen LogP contribution in [0.5, 0.6) is 5.75 Å². The van der Waals surface area contributed by atoms with Gasteiger partial charge in [0.05, 0.1) is 11.4 Å². The van der Waals surface area contributed by atoms with Gasteiger partial charge < -0.3 is 10.1 Å². The number of nitrogens with zero attached hydrogens (tertiary/aromatic N) is 3. The van der Waals surface area contributed by atoms with E-state index in [0.29, 0.717) is 6.61 Å². The van der Waals surface area contributed by atoms with Crippen molar-refractivity contribution in [3.63, 3.8) is 0 Å². The summed E-state index contributed by atoms with van der Waals surface area (Å²) in [5.74, 6) is 0.873. The average molecular weight is 292 g/mol. The molecule has 0 amide bonds. The standard InChI is InChI=1S/C14H20N4OS/c1-9-14(10(2)18(3)17-9)19-7-12-8-20-13(16-12)6-15-11-4-5-11/h8,11,15H,4-7H2,1-3H3. The molecule has 108 valence electrons. The summed E-state index contributed by atoms with van der Waals surface area (Å²) < 4.78 is 7.71. The number of nitrogens with one attached hydrogen (secondary N) is 1. The summed E-state index contributed by atoms with van der Waals surface area (Å²) in [5, 5.41) is 11.0. The molecule has 2 aromatic heterocycles. The minimum atomic E-state index is 0.507. The number of rotatable bonds is 6. The first-order valence-electron chi connectivity index (χ1n) is 6.93. The SMILES string of the molecule is Cc1nn(C)c(C)c1OCc1csc(CNC2CC2)n1. The lowest BCUT2D eigenvalue weighted by atomic mass is 10.3. The Morgan fingerprint density at radius 3 is 2.90 bits per heavy atom. The average Bonchev–Trinajstić information content (AvgIpc) is 3.09. The molecular weight excluding hydrogens is 272 g/mol. The molecule has 0 radical (unpaired) electrons. The highest BCUT2D eigenvalue weighted by Crippen LogP contribution is 2.23. The first-order valence-corrected chi connectivity index (χ1v) is 7.81. The summed E-state index contributed by atoms with van der Waals surface area (Å²) in [4.78, 5) is 4.59. The lowest BCUT2D eigenvalue weighted by Crippen LogP contribution is -2.15. The predicted octanol–water partition coefficient (Wildman–Crippen LogP) is 2.32. The lowest BCUT2D eigenvalue weighted by Gasteiger charge is -2.04. The van der Waals surface area contributed by atoms with Gasteiger partial charge in [-0.1, -0.05) is 0 Å². The highest BCUT2D eigenvalue weighted by Gasteiger charge is 2.20. The van der Waals surface area contributed by atoms with E-state index in [2.05, 4.69) is 20.8 Å². The molecule has 0 aliphatic heterocycles. The van der Waals surface area contributed by atoms with Crippen molar-refractivity contribution in [2.45, 2.75) is 45.9 Å². The molecule has 1 aliphatic rings. The van der Waals surface area contributed by atoms with Crippen LogP contribution in [-0.4, -0.2) is 20.8 Å². The largest absolute Gasteiger partial charge is 0.483 e. The Hall–Kier alpha value is -1.40. The Labute approximate surface area is 123 Å². The third-order valence-electron chi connectivity index (χ3n) is 3.53. The van der Waals surface area contributed by atoms with Crippen molar-refractivity contribution in [3.8, 4) is 5.75 Å². The van der Waals surface area contributed by atoms with Crippen molar-refractivity contribution in [2.24, 2.45) is 7.05 Å². The maximum atomic E-state index is 5.87. The Morgan fingerprint density at radius 1 is 1.45 bits per heavy atom. The molecule has 20 heavy (non-hydrogen) atoms. The number of thiazole rings is 1. The van der Waals surface area contributed by atoms with Crippen LogP contribution in [0.4, 0.5) is 0 Å². The van der Waals surface area contributed by atoms with Gasteiger partial charge in [-0.3, -0.25) is 4.68 Å². The fourth-order valence-electron chi connectivity index (χ4n) is 2.12. The molecule has 1 aliphatic carbocycles. The molecule has 2 heterocycles. The first-order chi connectivity index (χ1) is 9.63. The Balaban J connectivity index is 1.57. The van der Waals surface area contributed by atoms with E-state index in [9.17, 15) is 0 Å². The fourth-order valence-corrected chi connectivity index (χ4v) is 2.85. The zero-order valence-corrected chi connectivity index (χ0v) is 13.0. The van der Waals surface area contributed by atoms with Gasteiger partial charge in [0, 0.05) is 25.0 Å². The molecule has 1 N–H and O–H groups in total. The van der Waals surface area contributed by atoms with Crippen LogP contribution in [0.25, 0.3) is 0 Å². The summed E-state index contributed by atoms with van der Waals surface area (Å²) in [6.07, 6.45) is 2.61. The zero-order chi connectivity index (χ0) is 14.1. The monoisotopic (exact) mass is 292 g/mol. The summed E-state index contributed by atoms with van der Waals surface area (Å²) >= 11 is 1.69. The van der Waals surface area contributed by atoms with Crippen molar-refractivity contribution < 1.29 is 4.74 Å². The van der Waals surface area contributed by atoms with E-state index in [0.717, 1.165) is 40.4 Å². The molecule has 0 spiro atoms. The molecular formula is C14H20N4OS. The Kier molecular flexibility index (Phi) is 3.76. The molecule has 3 rings (SSSR count). The van der Waals surface area contributed by atoms with Crippen LogP contribution in [-0.2, 0) is 20.2 Å². The predicted molar refractivity (Wildman–Crippen MR) is 79.0 cm³/mol. The third-order valence-corrected chi connectivity index (χ3v) is 4.42. The molecule has 1 saturated carbocycles. The van der Waals surface area contributed by atoms with Crippen molar-refractivity contribution in [3.05, 3.63) is 27.5 Å². The molecule has 0 bridgehead atoms. The molecule has 0 unspecified atom stereocenters. The smallest absolute Gasteiger partial charge is 0.163 e. The van der Waals surface area contributed by atoms with Gasteiger partial charge in [0.2, 0.25) is 0 Å². The van der Waals surface area contributed by atoms with Crippen LogP contribution in [0.1, 0.15) is 34.9 Å². The van der Waals surface area contributed by atoms with Gasteiger partial charge >= 0.3 is 0 Å². The van der Waals surface area contributed by atoms with E-state index in [1.807, 2.05) is 25.6 Å². The number of hydrogen-bond acceptors (Lipinski definition) is 5. The topological polar surface area (TPSA) is 52.0 Å². The quantitative estimate of drug-likeness (QED) is 0.888. The van der Waals surface area contributed by atoms with E-state index in [1.165, 1.54) is 12.8 Å². The lowest BCUT2D eigenvalue weighted by molar-refractivity contribution is 0.297. The van der Waals surface area contributed by atoms with Gasteiger partial charge in [0.25, 0.3) is 0 Å². The van der Waals surface area contributed by atoms with Gasteiger partial charge in [0.1, 0.15) is 17.3 Å². The van der Waals surface area contributed by atoms with E-state index in [1.54, 1.807) is 11.3 Å². The van der Waals surface area contributed by atoms with Gasteiger partial charge in [-0.15, -0.1) is 11.3 Å². The number of ether oxygens (including phenoxy) is 1. The number of aromatic nitrogens is 3. The molecule has 0 saturated heterocycles. The highest BCUT2D eigenvalue weighted by molar-refractivity contribution is 7.09. The second kappa shape index (κ2) is 5.54. The maximum absolute atomic E-state index is 5.87. The van der Waals surface area contributed by atoms with Crippen LogP contribution >= 0.6 is 11.3 Å². The van der Waals surface area contributed by atoms with Crippen molar-refractivity contribution in [1.82, 2.24) is 20.1 Å². The highest BCUT2D eigenvalue weighted by atomic mass is 32.1. The second-order valence-electron chi connectivity index (χ2n) is 5.30. The van der Waals surface area contributed by atoms with Crippen LogP contribution < -0.4 is 10.1 Å². The summed E-state index contributed by atoms with van der Waals surface area (Å²) in [5.41, 5.74) is 2.97. The normalized spacial score (nSPS) is 14.8. The molecule has 6 heteroatoms. The second-order valence-corrected chi connectivity index (χ2v) is 6.24. The van der Waals surface area contributed by atoms with Crippen molar-refractivity contribution in [2.75, 3.05) is 0 Å². The third kappa shape index (κ3) is 3.02. The van der Waals surface area contributed by atoms with Crippen molar-refractivity contribution >= 4 is 11.3 Å². The van der Waals surface area contributed by atoms with Crippen LogP contribution in [0.3, 0.4) is 0 Å². The fraction of sp³-hybridized carbons (Fsp3) is 0.571. The van der Waals surface area contributed by atoms with Crippen LogP contribution in [0, 0.1) is 13.8 Å². The van der Waals surface area contributed by atoms with Gasteiger partial charge in [0.15, 0.2) is 5.75 Å².